The summed E-state index contributed by atoms with van der Waals surface area (Å²) < 4.78 is 5.43. The molecule has 104 valence electrons. The smallest absolute Gasteiger partial charge is 0.339 e. The number of benzene rings is 2. The molecular formula is C18H20O2. The van der Waals surface area contributed by atoms with Gasteiger partial charge in [0.2, 0.25) is 0 Å². The Morgan fingerprint density at radius 1 is 1.10 bits per heavy atom. The third-order valence-corrected chi connectivity index (χ3v) is 3.39. The fourth-order valence-electron chi connectivity index (χ4n) is 1.98. The Hall–Kier alpha value is -2.09. The van der Waals surface area contributed by atoms with Crippen LogP contribution in [0.3, 0.4) is 0 Å². The summed E-state index contributed by atoms with van der Waals surface area (Å²) in [5.74, 6) is -0.254. The average molecular weight is 268 g/mol. The lowest BCUT2D eigenvalue weighted by Gasteiger charge is -2.13. The van der Waals surface area contributed by atoms with E-state index in [2.05, 4.69) is 0 Å². The van der Waals surface area contributed by atoms with Crippen molar-refractivity contribution in [2.75, 3.05) is 0 Å². The minimum Gasteiger partial charge on any atom is -0.459 e. The van der Waals surface area contributed by atoms with E-state index in [1.165, 1.54) is 5.56 Å². The molecule has 0 aromatic heterocycles. The van der Waals surface area contributed by atoms with E-state index in [1.54, 1.807) is 0 Å². The van der Waals surface area contributed by atoms with E-state index in [1.807, 2.05) is 69.3 Å². The first-order chi connectivity index (χ1) is 9.61. The topological polar surface area (TPSA) is 26.3 Å². The van der Waals surface area contributed by atoms with E-state index >= 15 is 0 Å². The summed E-state index contributed by atoms with van der Waals surface area (Å²) >= 11 is 0. The van der Waals surface area contributed by atoms with Crippen molar-refractivity contribution in [3.63, 3.8) is 0 Å². The van der Waals surface area contributed by atoms with Crippen LogP contribution in [0.15, 0.2) is 48.5 Å². The first kappa shape index (κ1) is 14.3. The average Bonchev–Trinajstić information content (AvgIpc) is 2.48. The molecule has 2 heteroatoms. The van der Waals surface area contributed by atoms with Gasteiger partial charge in [-0.2, -0.15) is 0 Å². The Morgan fingerprint density at radius 2 is 1.75 bits per heavy atom. The minimum absolute atomic E-state index is 0.0615. The quantitative estimate of drug-likeness (QED) is 0.756. The molecule has 2 aromatic carbocycles. The van der Waals surface area contributed by atoms with Crippen molar-refractivity contribution in [1.82, 2.24) is 0 Å². The first-order valence-electron chi connectivity index (χ1n) is 6.99. The molecule has 0 radical (unpaired) electrons. The second-order valence-corrected chi connectivity index (χ2v) is 5.04. The van der Waals surface area contributed by atoms with Crippen LogP contribution in [0.1, 0.15) is 36.2 Å². The third kappa shape index (κ3) is 3.27. The standard InChI is InChI=1S/C18H20O2/c1-4-14(3)20-18(19)17-8-6-5-7-16(17)15-11-9-13(2)10-12-15/h5-12,14H,4H2,1-3H3. The molecule has 0 aliphatic carbocycles. The summed E-state index contributed by atoms with van der Waals surface area (Å²) in [4.78, 5) is 12.3. The second kappa shape index (κ2) is 6.38. The van der Waals surface area contributed by atoms with Crippen LogP contribution in [-0.2, 0) is 4.74 Å². The van der Waals surface area contributed by atoms with Gasteiger partial charge in [0.15, 0.2) is 0 Å². The summed E-state index contributed by atoms with van der Waals surface area (Å²) in [5.41, 5.74) is 3.78. The molecule has 0 aliphatic heterocycles. The molecule has 2 nitrogen and oxygen atoms in total. The van der Waals surface area contributed by atoms with Crippen LogP contribution in [-0.4, -0.2) is 12.1 Å². The molecule has 0 spiro atoms. The molecule has 0 fully saturated rings. The lowest BCUT2D eigenvalue weighted by Crippen LogP contribution is -2.14. The van der Waals surface area contributed by atoms with Gasteiger partial charge in [0.25, 0.3) is 0 Å². The van der Waals surface area contributed by atoms with Gasteiger partial charge in [-0.3, -0.25) is 0 Å². The first-order valence-corrected chi connectivity index (χ1v) is 6.99. The Balaban J connectivity index is 2.35. The molecule has 2 aromatic rings. The molecule has 20 heavy (non-hydrogen) atoms. The summed E-state index contributed by atoms with van der Waals surface area (Å²) in [6, 6.07) is 15.7. The van der Waals surface area contributed by atoms with Gasteiger partial charge in [-0.05, 0) is 37.5 Å². The highest BCUT2D eigenvalue weighted by Crippen LogP contribution is 2.25. The van der Waals surface area contributed by atoms with Crippen LogP contribution >= 0.6 is 0 Å². The molecule has 0 aliphatic rings. The van der Waals surface area contributed by atoms with E-state index < -0.39 is 0 Å². The lowest BCUT2D eigenvalue weighted by atomic mass is 9.99. The molecular weight excluding hydrogens is 248 g/mol. The molecule has 0 saturated heterocycles. The number of ether oxygens (including phenoxy) is 1. The predicted molar refractivity (Wildman–Crippen MR) is 81.8 cm³/mol. The van der Waals surface area contributed by atoms with E-state index in [4.69, 9.17) is 4.74 Å². The lowest BCUT2D eigenvalue weighted by molar-refractivity contribution is 0.0335. The normalized spacial score (nSPS) is 11.9. The SMILES string of the molecule is CCC(C)OC(=O)c1ccccc1-c1ccc(C)cc1. The van der Waals surface area contributed by atoms with E-state index in [0.29, 0.717) is 5.56 Å². The number of rotatable bonds is 4. The maximum Gasteiger partial charge on any atom is 0.339 e. The number of carbonyl (C=O) groups is 1. The largest absolute Gasteiger partial charge is 0.459 e. The van der Waals surface area contributed by atoms with Gasteiger partial charge >= 0.3 is 5.97 Å². The van der Waals surface area contributed by atoms with Crippen molar-refractivity contribution in [3.8, 4) is 11.1 Å². The molecule has 0 heterocycles. The third-order valence-electron chi connectivity index (χ3n) is 3.39. The van der Waals surface area contributed by atoms with Gasteiger partial charge in [0, 0.05) is 0 Å². The molecule has 0 saturated carbocycles. The summed E-state index contributed by atoms with van der Waals surface area (Å²) in [5, 5.41) is 0. The van der Waals surface area contributed by atoms with Gasteiger partial charge in [0.05, 0.1) is 11.7 Å². The van der Waals surface area contributed by atoms with Crippen molar-refractivity contribution in [3.05, 3.63) is 59.7 Å². The number of esters is 1. The maximum absolute atomic E-state index is 12.3. The maximum atomic E-state index is 12.3. The van der Waals surface area contributed by atoms with Gasteiger partial charge in [0.1, 0.15) is 0 Å². The zero-order valence-corrected chi connectivity index (χ0v) is 12.2. The van der Waals surface area contributed by atoms with Crippen LogP contribution in [0.4, 0.5) is 0 Å². The molecule has 1 unspecified atom stereocenters. The van der Waals surface area contributed by atoms with Crippen LogP contribution < -0.4 is 0 Å². The van der Waals surface area contributed by atoms with Crippen LogP contribution in [0, 0.1) is 6.92 Å². The zero-order chi connectivity index (χ0) is 14.5. The number of carbonyl (C=O) groups excluding carboxylic acids is 1. The van der Waals surface area contributed by atoms with E-state index in [9.17, 15) is 4.79 Å². The van der Waals surface area contributed by atoms with Crippen molar-refractivity contribution >= 4 is 5.97 Å². The highest BCUT2D eigenvalue weighted by atomic mass is 16.5. The van der Waals surface area contributed by atoms with Gasteiger partial charge in [-0.15, -0.1) is 0 Å². The number of aryl methyl sites for hydroxylation is 1. The zero-order valence-electron chi connectivity index (χ0n) is 12.2. The van der Waals surface area contributed by atoms with Crippen molar-refractivity contribution in [2.45, 2.75) is 33.3 Å². The van der Waals surface area contributed by atoms with E-state index in [-0.39, 0.29) is 12.1 Å². The minimum atomic E-state index is -0.254. The Kier molecular flexibility index (Phi) is 4.57. The van der Waals surface area contributed by atoms with Crippen LogP contribution in [0.25, 0.3) is 11.1 Å². The fraction of sp³-hybridized carbons (Fsp3) is 0.278. The highest BCUT2D eigenvalue weighted by molar-refractivity contribution is 5.97. The molecule has 0 amide bonds. The highest BCUT2D eigenvalue weighted by Gasteiger charge is 2.15. The van der Waals surface area contributed by atoms with E-state index in [0.717, 1.165) is 17.5 Å². The van der Waals surface area contributed by atoms with Gasteiger partial charge in [-0.1, -0.05) is 55.0 Å². The van der Waals surface area contributed by atoms with Crippen molar-refractivity contribution < 1.29 is 9.53 Å². The van der Waals surface area contributed by atoms with Crippen molar-refractivity contribution in [1.29, 1.82) is 0 Å². The molecule has 0 bridgehead atoms. The number of hydrogen-bond donors (Lipinski definition) is 0. The monoisotopic (exact) mass is 268 g/mol. The fourth-order valence-corrected chi connectivity index (χ4v) is 1.98. The Morgan fingerprint density at radius 3 is 2.40 bits per heavy atom. The van der Waals surface area contributed by atoms with Crippen LogP contribution in [0.5, 0.6) is 0 Å². The Labute approximate surface area is 120 Å². The predicted octanol–water partition coefficient (Wildman–Crippen LogP) is 4.62. The second-order valence-electron chi connectivity index (χ2n) is 5.04. The number of hydrogen-bond acceptors (Lipinski definition) is 2. The summed E-state index contributed by atoms with van der Waals surface area (Å²) in [6.07, 6.45) is 0.756. The molecule has 1 atom stereocenters. The Bertz CT molecular complexity index is 585. The van der Waals surface area contributed by atoms with Crippen molar-refractivity contribution in [2.24, 2.45) is 0 Å². The molecule has 0 N–H and O–H groups in total. The summed E-state index contributed by atoms with van der Waals surface area (Å²) in [6.45, 7) is 5.96. The molecule has 2 rings (SSSR count). The van der Waals surface area contributed by atoms with Gasteiger partial charge in [-0.25, -0.2) is 4.79 Å². The van der Waals surface area contributed by atoms with Crippen LogP contribution in [0.2, 0.25) is 0 Å². The summed E-state index contributed by atoms with van der Waals surface area (Å²) in [7, 11) is 0. The van der Waals surface area contributed by atoms with Gasteiger partial charge < -0.3 is 4.74 Å².